The Morgan fingerprint density at radius 3 is 0.333 bits per heavy atom. The average molecular weight is 310 g/mol. The van der Waals surface area contributed by atoms with E-state index in [1.807, 2.05) is 41.5 Å². The minimum Gasteiger partial charge on any atom is -0.304 e. The van der Waals surface area contributed by atoms with Crippen molar-refractivity contribution < 1.29 is 24.0 Å². The molecule has 132 valence electrons. The van der Waals surface area contributed by atoms with Crippen molar-refractivity contribution in [1.82, 2.24) is 0 Å². The highest BCUT2D eigenvalue weighted by Crippen LogP contribution is 1.15. The Hall–Kier alpha value is -1.65. The number of carbonyl (C=O) groups excluding carboxylic acids is 5. The number of hydrogen-bond donors (Lipinski definition) is 0. The molecule has 0 radical (unpaired) electrons. The van der Waals surface area contributed by atoms with E-state index in [2.05, 4.69) is 0 Å². The lowest BCUT2D eigenvalue weighted by molar-refractivity contribution is -0.106. The van der Waals surface area contributed by atoms with E-state index in [0.717, 1.165) is 31.4 Å². The predicted molar refractivity (Wildman–Crippen MR) is 92.7 cm³/mol. The second-order valence-corrected chi connectivity index (χ2v) is 1.18. The van der Waals surface area contributed by atoms with Crippen molar-refractivity contribution in [1.29, 1.82) is 0 Å². The molecule has 0 spiro atoms. The summed E-state index contributed by atoms with van der Waals surface area (Å²) in [6.45, 7) is 19.2. The number of hydrogen-bond acceptors (Lipinski definition) is 5. The van der Waals surface area contributed by atoms with Gasteiger partial charge in [0.25, 0.3) is 0 Å². The van der Waals surface area contributed by atoms with Crippen molar-refractivity contribution in [2.24, 2.45) is 0 Å². The van der Waals surface area contributed by atoms with E-state index >= 15 is 0 Å². The van der Waals surface area contributed by atoms with Gasteiger partial charge in [0, 0.05) is 0 Å². The zero-order valence-electron chi connectivity index (χ0n) is 15.9. The SMILES string of the molecule is CC.CC.CC.CC=O.CC=O.CC=O.CC=O.CC=O. The smallest absolute Gasteiger partial charge is 0.116 e. The molecule has 0 heterocycles. The molecular formula is C16H38O5. The number of carbonyl (C=O) groups is 5. The van der Waals surface area contributed by atoms with E-state index < -0.39 is 0 Å². The molecule has 0 aromatic rings. The van der Waals surface area contributed by atoms with Crippen LogP contribution in [0.2, 0.25) is 0 Å². The molecule has 0 amide bonds. The molecule has 0 unspecified atom stereocenters. The Bertz CT molecular complexity index is 89.0. The summed E-state index contributed by atoms with van der Waals surface area (Å²) in [6.07, 6.45) is 3.75. The molecule has 0 rings (SSSR count). The van der Waals surface area contributed by atoms with Crippen LogP contribution in [0.5, 0.6) is 0 Å². The van der Waals surface area contributed by atoms with Crippen molar-refractivity contribution in [3.8, 4) is 0 Å². The highest BCUT2D eigenvalue weighted by molar-refractivity contribution is 5.45. The third-order valence-electron chi connectivity index (χ3n) is 0. The molecular weight excluding hydrogens is 272 g/mol. The second-order valence-electron chi connectivity index (χ2n) is 1.18. The quantitative estimate of drug-likeness (QED) is 0.629. The summed E-state index contributed by atoms with van der Waals surface area (Å²) < 4.78 is 0. The molecule has 0 aliphatic rings. The minimum absolute atomic E-state index is 0.750. The number of rotatable bonds is 0. The molecule has 5 heteroatoms. The van der Waals surface area contributed by atoms with Crippen molar-refractivity contribution in [3.63, 3.8) is 0 Å². The van der Waals surface area contributed by atoms with Crippen molar-refractivity contribution >= 4 is 31.4 Å². The third-order valence-corrected chi connectivity index (χ3v) is 0. The molecule has 0 saturated carbocycles. The van der Waals surface area contributed by atoms with Crippen LogP contribution in [0.25, 0.3) is 0 Å². The van der Waals surface area contributed by atoms with Crippen LogP contribution in [-0.4, -0.2) is 31.4 Å². The molecule has 21 heavy (non-hydrogen) atoms. The summed E-state index contributed by atoms with van der Waals surface area (Å²) in [5, 5.41) is 0. The van der Waals surface area contributed by atoms with Gasteiger partial charge in [-0.2, -0.15) is 0 Å². The Morgan fingerprint density at radius 2 is 0.333 bits per heavy atom. The molecule has 5 nitrogen and oxygen atoms in total. The fourth-order valence-electron chi connectivity index (χ4n) is 0. The summed E-state index contributed by atoms with van der Waals surface area (Å²) >= 11 is 0. The van der Waals surface area contributed by atoms with Gasteiger partial charge in [-0.3, -0.25) is 0 Å². The van der Waals surface area contributed by atoms with E-state index in [0.29, 0.717) is 0 Å². The molecule has 0 N–H and O–H groups in total. The molecule has 0 aliphatic heterocycles. The summed E-state index contributed by atoms with van der Waals surface area (Å²) in [6, 6.07) is 0. The lowest BCUT2D eigenvalue weighted by atomic mass is 11.0. The normalized spacial score (nSPS) is 3.95. The Morgan fingerprint density at radius 1 is 0.333 bits per heavy atom. The first-order valence-electron chi connectivity index (χ1n) is 7.07. The molecule has 0 fully saturated rings. The standard InChI is InChI=1S/5C2H4O.3C2H6/c5*1-2-3;3*1-2/h5*2H,1H3;3*1-2H3. The lowest BCUT2D eigenvalue weighted by Crippen LogP contribution is -1.36. The zero-order valence-corrected chi connectivity index (χ0v) is 15.9. The molecule has 0 atom stereocenters. The Kier molecular flexibility index (Phi) is 1190. The van der Waals surface area contributed by atoms with Crippen molar-refractivity contribution in [2.45, 2.75) is 76.2 Å². The molecule has 0 aliphatic carbocycles. The van der Waals surface area contributed by atoms with Gasteiger partial charge in [-0.15, -0.1) is 0 Å². The van der Waals surface area contributed by atoms with Gasteiger partial charge < -0.3 is 24.0 Å². The van der Waals surface area contributed by atoms with E-state index in [1.165, 1.54) is 34.6 Å². The summed E-state index contributed by atoms with van der Waals surface area (Å²) in [7, 11) is 0. The van der Waals surface area contributed by atoms with Gasteiger partial charge in [0.15, 0.2) is 0 Å². The first kappa shape index (κ1) is 50.6. The molecule has 0 aromatic heterocycles. The predicted octanol–water partition coefficient (Wildman–Crippen LogP) is 4.10. The maximum atomic E-state index is 8.81. The zero-order chi connectivity index (χ0) is 19.5. The van der Waals surface area contributed by atoms with Crippen LogP contribution in [0.4, 0.5) is 0 Å². The summed E-state index contributed by atoms with van der Waals surface area (Å²) in [5.74, 6) is 0. The van der Waals surface area contributed by atoms with Crippen LogP contribution in [-0.2, 0) is 24.0 Å². The molecule has 0 bridgehead atoms. The Balaban J connectivity index is -0.0000000155. The van der Waals surface area contributed by atoms with Crippen LogP contribution in [0.3, 0.4) is 0 Å². The monoisotopic (exact) mass is 310 g/mol. The van der Waals surface area contributed by atoms with Gasteiger partial charge in [-0.1, -0.05) is 41.5 Å². The first-order chi connectivity index (χ1) is 10.1. The largest absolute Gasteiger partial charge is 0.304 e. The van der Waals surface area contributed by atoms with Gasteiger partial charge in [0.05, 0.1) is 0 Å². The molecule has 0 saturated heterocycles. The topological polar surface area (TPSA) is 85.3 Å². The van der Waals surface area contributed by atoms with Crippen LogP contribution in [0, 0.1) is 0 Å². The third kappa shape index (κ3) is 1800. The van der Waals surface area contributed by atoms with Crippen LogP contribution in [0.15, 0.2) is 0 Å². The highest BCUT2D eigenvalue weighted by Gasteiger charge is 1.25. The fraction of sp³-hybridized carbons (Fsp3) is 0.688. The Labute approximate surface area is 132 Å². The van der Waals surface area contributed by atoms with Gasteiger partial charge in [0.1, 0.15) is 31.4 Å². The van der Waals surface area contributed by atoms with Crippen molar-refractivity contribution in [2.75, 3.05) is 0 Å². The van der Waals surface area contributed by atoms with Crippen LogP contribution >= 0.6 is 0 Å². The average Bonchev–Trinajstić information content (AvgIpc) is 2.49. The van der Waals surface area contributed by atoms with Gasteiger partial charge in [-0.25, -0.2) is 0 Å². The highest BCUT2D eigenvalue weighted by atomic mass is 16.1. The van der Waals surface area contributed by atoms with E-state index in [1.54, 1.807) is 0 Å². The van der Waals surface area contributed by atoms with E-state index in [4.69, 9.17) is 24.0 Å². The van der Waals surface area contributed by atoms with E-state index in [9.17, 15) is 0 Å². The van der Waals surface area contributed by atoms with Crippen LogP contribution < -0.4 is 0 Å². The maximum Gasteiger partial charge on any atom is 0.116 e. The first-order valence-corrected chi connectivity index (χ1v) is 7.07. The molecule has 0 aromatic carbocycles. The van der Waals surface area contributed by atoms with Gasteiger partial charge in [0.2, 0.25) is 0 Å². The lowest BCUT2D eigenvalue weighted by Gasteiger charge is -1.24. The van der Waals surface area contributed by atoms with E-state index in [-0.39, 0.29) is 0 Å². The minimum atomic E-state index is 0.750. The second kappa shape index (κ2) is 492. The van der Waals surface area contributed by atoms with Crippen LogP contribution in [0.1, 0.15) is 76.2 Å². The summed E-state index contributed by atoms with van der Waals surface area (Å²) in [5.41, 5.74) is 0. The maximum absolute atomic E-state index is 8.81. The van der Waals surface area contributed by atoms with Crippen molar-refractivity contribution in [3.05, 3.63) is 0 Å². The summed E-state index contributed by atoms with van der Waals surface area (Å²) in [4.78, 5) is 44.0. The fourth-order valence-corrected chi connectivity index (χ4v) is 0. The number of aldehydes is 5. The van der Waals surface area contributed by atoms with Gasteiger partial charge >= 0.3 is 0 Å². The van der Waals surface area contributed by atoms with Gasteiger partial charge in [-0.05, 0) is 34.6 Å².